The van der Waals surface area contributed by atoms with Crippen molar-refractivity contribution in [2.24, 2.45) is 0 Å². The molecular weight excluding hydrogens is 456 g/mol. The third kappa shape index (κ3) is 3.51. The van der Waals surface area contributed by atoms with Crippen molar-refractivity contribution in [3.63, 3.8) is 0 Å². The van der Waals surface area contributed by atoms with Gasteiger partial charge in [-0.2, -0.15) is 5.10 Å². The lowest BCUT2D eigenvalue weighted by Gasteiger charge is -2.39. The summed E-state index contributed by atoms with van der Waals surface area (Å²) in [5.41, 5.74) is 8.07. The fourth-order valence-corrected chi connectivity index (χ4v) is 5.14. The summed E-state index contributed by atoms with van der Waals surface area (Å²) in [5.74, 6) is 1.70. The van der Waals surface area contributed by atoms with Crippen molar-refractivity contribution < 1.29 is 9.84 Å². The van der Waals surface area contributed by atoms with E-state index in [-0.39, 0.29) is 11.5 Å². The smallest absolute Gasteiger partial charge is 0.263 e. The highest BCUT2D eigenvalue weighted by Gasteiger charge is 2.42. The Morgan fingerprint density at radius 3 is 2.67 bits per heavy atom. The predicted octanol–water partition coefficient (Wildman–Crippen LogP) is 3.70. The molecule has 2 aromatic carbocycles. The van der Waals surface area contributed by atoms with Crippen molar-refractivity contribution in [2.45, 2.75) is 38.2 Å². The maximum Gasteiger partial charge on any atom is 0.263 e. The molecule has 0 amide bonds. The molecule has 9 nitrogen and oxygen atoms in total. The van der Waals surface area contributed by atoms with Crippen LogP contribution >= 0.6 is 0 Å². The van der Waals surface area contributed by atoms with E-state index < -0.39 is 5.60 Å². The van der Waals surface area contributed by atoms with E-state index in [1.165, 1.54) is 6.33 Å². The summed E-state index contributed by atoms with van der Waals surface area (Å²) in [5, 5.41) is 15.9. The fourth-order valence-electron chi connectivity index (χ4n) is 5.14. The number of hydrogen-bond donors (Lipinski definition) is 2. The van der Waals surface area contributed by atoms with Gasteiger partial charge >= 0.3 is 0 Å². The van der Waals surface area contributed by atoms with Gasteiger partial charge in [-0.1, -0.05) is 24.3 Å². The van der Waals surface area contributed by atoms with Gasteiger partial charge in [0, 0.05) is 22.6 Å². The number of anilines is 1. The monoisotopic (exact) mass is 482 g/mol. The molecule has 1 aliphatic rings. The molecule has 3 heterocycles. The first kappa shape index (κ1) is 22.2. The van der Waals surface area contributed by atoms with Crippen LogP contribution in [0.4, 0.5) is 5.82 Å². The van der Waals surface area contributed by atoms with Crippen LogP contribution in [0.5, 0.6) is 5.75 Å². The van der Waals surface area contributed by atoms with E-state index in [4.69, 9.17) is 15.5 Å². The average Bonchev–Trinajstić information content (AvgIpc) is 3.25. The quantitative estimate of drug-likeness (QED) is 0.392. The van der Waals surface area contributed by atoms with Gasteiger partial charge in [0.05, 0.1) is 23.8 Å². The number of benzene rings is 2. The summed E-state index contributed by atoms with van der Waals surface area (Å²) < 4.78 is 9.21. The average molecular weight is 483 g/mol. The number of aliphatic hydroxyl groups is 1. The summed E-state index contributed by atoms with van der Waals surface area (Å²) in [6.07, 6.45) is 4.32. The standard InChI is InChI=1S/C27H26N6O3/c1-3-36-21-14-32(18-7-5-4-6-8-18)26(34)20-11-16(9-10-19(20)21)22-23-24(28)29-15-30-33(23)25(31-22)17-12-27(2,35)13-17/h4-11,14-15,17,35H,3,12-13H2,1-2H3,(H2,28,29,30). The molecule has 0 aliphatic heterocycles. The number of pyridine rings is 1. The van der Waals surface area contributed by atoms with Crippen LogP contribution in [0.3, 0.4) is 0 Å². The Balaban J connectivity index is 1.57. The number of para-hydroxylation sites is 1. The molecule has 9 heteroatoms. The first-order chi connectivity index (χ1) is 17.4. The molecule has 6 rings (SSSR count). The van der Waals surface area contributed by atoms with Crippen LogP contribution in [-0.2, 0) is 0 Å². The lowest BCUT2D eigenvalue weighted by Crippen LogP contribution is -2.40. The lowest BCUT2D eigenvalue weighted by molar-refractivity contribution is -0.0337. The van der Waals surface area contributed by atoms with E-state index in [2.05, 4.69) is 10.1 Å². The minimum absolute atomic E-state index is 0.0517. The second-order valence-corrected chi connectivity index (χ2v) is 9.52. The third-order valence-electron chi connectivity index (χ3n) is 6.81. The Morgan fingerprint density at radius 2 is 1.94 bits per heavy atom. The highest BCUT2D eigenvalue weighted by atomic mass is 16.5. The van der Waals surface area contributed by atoms with Crippen molar-refractivity contribution in [3.8, 4) is 22.7 Å². The zero-order valence-electron chi connectivity index (χ0n) is 20.0. The lowest BCUT2D eigenvalue weighted by atomic mass is 9.72. The van der Waals surface area contributed by atoms with E-state index in [1.54, 1.807) is 15.3 Å². The van der Waals surface area contributed by atoms with Crippen molar-refractivity contribution in [2.75, 3.05) is 12.3 Å². The van der Waals surface area contributed by atoms with Gasteiger partial charge in [-0.25, -0.2) is 14.5 Å². The van der Waals surface area contributed by atoms with Gasteiger partial charge in [-0.15, -0.1) is 0 Å². The molecule has 0 atom stereocenters. The second-order valence-electron chi connectivity index (χ2n) is 9.52. The molecule has 0 spiro atoms. The van der Waals surface area contributed by atoms with Crippen LogP contribution in [0.1, 0.15) is 38.4 Å². The molecule has 3 N–H and O–H groups in total. The maximum atomic E-state index is 13.6. The minimum atomic E-state index is -0.712. The number of nitrogens with zero attached hydrogens (tertiary/aromatic N) is 5. The topological polar surface area (TPSA) is 121 Å². The van der Waals surface area contributed by atoms with E-state index in [0.717, 1.165) is 22.5 Å². The largest absolute Gasteiger partial charge is 0.492 e. The van der Waals surface area contributed by atoms with Gasteiger partial charge in [0.2, 0.25) is 0 Å². The highest BCUT2D eigenvalue weighted by Crippen LogP contribution is 2.45. The van der Waals surface area contributed by atoms with E-state index in [0.29, 0.717) is 47.6 Å². The van der Waals surface area contributed by atoms with E-state index in [1.807, 2.05) is 62.4 Å². The Bertz CT molecular complexity index is 1660. The van der Waals surface area contributed by atoms with E-state index in [9.17, 15) is 9.90 Å². The summed E-state index contributed by atoms with van der Waals surface area (Å²) >= 11 is 0. The van der Waals surface area contributed by atoms with Crippen LogP contribution in [0.15, 0.2) is 65.8 Å². The molecule has 1 fully saturated rings. The number of fused-ring (bicyclic) bond motifs is 2. The molecule has 3 aromatic heterocycles. The number of aromatic nitrogens is 5. The minimum Gasteiger partial charge on any atom is -0.492 e. The Labute approximate surface area is 206 Å². The summed E-state index contributed by atoms with van der Waals surface area (Å²) in [6.45, 7) is 4.20. The van der Waals surface area contributed by atoms with Crippen molar-refractivity contribution in [1.82, 2.24) is 24.1 Å². The summed E-state index contributed by atoms with van der Waals surface area (Å²) in [4.78, 5) is 22.7. The molecule has 5 aromatic rings. The van der Waals surface area contributed by atoms with Gasteiger partial charge in [-0.3, -0.25) is 9.36 Å². The Morgan fingerprint density at radius 1 is 1.17 bits per heavy atom. The van der Waals surface area contributed by atoms with Crippen LogP contribution in [0.25, 0.3) is 33.2 Å². The van der Waals surface area contributed by atoms with Crippen LogP contribution < -0.4 is 16.0 Å². The first-order valence-electron chi connectivity index (χ1n) is 12.0. The number of nitrogens with two attached hydrogens (primary N) is 1. The number of nitrogen functional groups attached to an aromatic ring is 1. The van der Waals surface area contributed by atoms with Gasteiger partial charge in [-0.05, 0) is 51.0 Å². The number of rotatable bonds is 5. The fraction of sp³-hybridized carbons (Fsp3) is 0.259. The second kappa shape index (κ2) is 8.17. The van der Waals surface area contributed by atoms with Gasteiger partial charge in [0.15, 0.2) is 5.82 Å². The molecule has 1 saturated carbocycles. The van der Waals surface area contributed by atoms with Crippen LogP contribution in [0, 0.1) is 0 Å². The van der Waals surface area contributed by atoms with Crippen LogP contribution in [0.2, 0.25) is 0 Å². The maximum absolute atomic E-state index is 13.6. The number of imidazole rings is 1. The normalized spacial score (nSPS) is 19.5. The molecule has 182 valence electrons. The van der Waals surface area contributed by atoms with Crippen molar-refractivity contribution >= 4 is 22.1 Å². The van der Waals surface area contributed by atoms with Gasteiger partial charge in [0.25, 0.3) is 5.56 Å². The highest BCUT2D eigenvalue weighted by molar-refractivity contribution is 5.94. The van der Waals surface area contributed by atoms with Crippen molar-refractivity contribution in [1.29, 1.82) is 0 Å². The predicted molar refractivity (Wildman–Crippen MR) is 138 cm³/mol. The Hall–Kier alpha value is -4.24. The molecule has 0 bridgehead atoms. The van der Waals surface area contributed by atoms with Gasteiger partial charge < -0.3 is 15.6 Å². The molecule has 0 unspecified atom stereocenters. The number of ether oxygens (including phenoxy) is 1. The Kier molecular flexibility index (Phi) is 5.04. The SMILES string of the molecule is CCOc1cn(-c2ccccc2)c(=O)c2cc(-c3nc(C4CC(C)(O)C4)n4ncnc(N)c34)ccc12. The molecule has 0 radical (unpaired) electrons. The van der Waals surface area contributed by atoms with Crippen LogP contribution in [-0.4, -0.2) is 41.5 Å². The molecule has 1 aliphatic carbocycles. The molecule has 36 heavy (non-hydrogen) atoms. The molecule has 0 saturated heterocycles. The zero-order valence-corrected chi connectivity index (χ0v) is 20.0. The zero-order chi connectivity index (χ0) is 25.0. The molecular formula is C27H26N6O3. The summed E-state index contributed by atoms with van der Waals surface area (Å²) in [7, 11) is 0. The third-order valence-corrected chi connectivity index (χ3v) is 6.81. The van der Waals surface area contributed by atoms with Gasteiger partial charge in [0.1, 0.15) is 29.1 Å². The van der Waals surface area contributed by atoms with E-state index >= 15 is 0 Å². The first-order valence-corrected chi connectivity index (χ1v) is 12.0. The van der Waals surface area contributed by atoms with Crippen molar-refractivity contribution in [3.05, 3.63) is 77.2 Å². The summed E-state index contributed by atoms with van der Waals surface area (Å²) in [6, 6.07) is 15.1. The number of hydrogen-bond acceptors (Lipinski definition) is 7.